The van der Waals surface area contributed by atoms with Crippen LogP contribution in [0.25, 0.3) is 0 Å². The Kier molecular flexibility index (Phi) is 2.94. The first-order valence-electron chi connectivity index (χ1n) is 5.31. The van der Waals surface area contributed by atoms with Gasteiger partial charge >= 0.3 is 0 Å². The van der Waals surface area contributed by atoms with E-state index in [9.17, 15) is 9.18 Å². The highest BCUT2D eigenvalue weighted by molar-refractivity contribution is 6.09. The average Bonchev–Trinajstić information content (AvgIpc) is 2.66. The van der Waals surface area contributed by atoms with Crippen LogP contribution in [0.4, 0.5) is 4.39 Å². The molecule has 6 heteroatoms. The second-order valence-electron chi connectivity index (χ2n) is 3.91. The van der Waals surface area contributed by atoms with Crippen molar-refractivity contribution in [2.75, 3.05) is 14.2 Å². The summed E-state index contributed by atoms with van der Waals surface area (Å²) in [5.74, 6) is -0.900. The van der Waals surface area contributed by atoms with Gasteiger partial charge in [0.15, 0.2) is 17.3 Å². The molecule has 0 atom stereocenters. The summed E-state index contributed by atoms with van der Waals surface area (Å²) in [4.78, 5) is 12.5. The summed E-state index contributed by atoms with van der Waals surface area (Å²) >= 11 is 0. The predicted octanol–water partition coefficient (Wildman–Crippen LogP) is 1.53. The van der Waals surface area contributed by atoms with Crippen molar-refractivity contribution in [3.63, 3.8) is 0 Å². The number of benzene rings is 1. The smallest absolute Gasteiger partial charge is 0.225 e. The molecule has 2 rings (SSSR count). The fourth-order valence-corrected chi connectivity index (χ4v) is 2.03. The standard InChI is InChI=1S/C12H13FN2O3/c1-6(16)15-5-7-4-8(17-2)11(18-3)10(13)9(7)12(15)14/h4,14H,5H2,1-3H3. The third-order valence-corrected chi connectivity index (χ3v) is 2.91. The molecule has 1 aliphatic heterocycles. The third kappa shape index (κ3) is 1.61. The summed E-state index contributed by atoms with van der Waals surface area (Å²) in [5, 5.41) is 7.83. The molecule has 0 saturated heterocycles. The number of nitrogens with one attached hydrogen (secondary N) is 1. The summed E-state index contributed by atoms with van der Waals surface area (Å²) in [5.41, 5.74) is 0.646. The molecular weight excluding hydrogens is 239 g/mol. The van der Waals surface area contributed by atoms with Gasteiger partial charge in [0.05, 0.1) is 26.3 Å². The summed E-state index contributed by atoms with van der Waals surface area (Å²) in [6, 6.07) is 1.59. The lowest BCUT2D eigenvalue weighted by Crippen LogP contribution is -2.28. The highest BCUT2D eigenvalue weighted by atomic mass is 19.1. The van der Waals surface area contributed by atoms with E-state index in [2.05, 4.69) is 0 Å². The van der Waals surface area contributed by atoms with Crippen LogP contribution in [-0.2, 0) is 11.3 Å². The number of carbonyl (C=O) groups excluding carboxylic acids is 1. The quantitative estimate of drug-likeness (QED) is 0.868. The number of carbonyl (C=O) groups is 1. The monoisotopic (exact) mass is 252 g/mol. The third-order valence-electron chi connectivity index (χ3n) is 2.91. The Morgan fingerprint density at radius 1 is 1.44 bits per heavy atom. The number of methoxy groups -OCH3 is 2. The first-order chi connectivity index (χ1) is 8.51. The zero-order valence-corrected chi connectivity index (χ0v) is 10.3. The van der Waals surface area contributed by atoms with Gasteiger partial charge in [-0.15, -0.1) is 0 Å². The van der Waals surface area contributed by atoms with Gasteiger partial charge in [-0.3, -0.25) is 15.1 Å². The highest BCUT2D eigenvalue weighted by Crippen LogP contribution is 2.38. The van der Waals surface area contributed by atoms with Gasteiger partial charge in [-0.05, 0) is 11.6 Å². The topological polar surface area (TPSA) is 62.6 Å². The van der Waals surface area contributed by atoms with E-state index in [0.717, 1.165) is 0 Å². The van der Waals surface area contributed by atoms with E-state index in [0.29, 0.717) is 5.56 Å². The van der Waals surface area contributed by atoms with E-state index in [-0.39, 0.29) is 35.4 Å². The minimum atomic E-state index is -0.666. The molecule has 1 aliphatic rings. The molecule has 0 saturated carbocycles. The molecule has 0 aliphatic carbocycles. The Balaban J connectivity index is 2.61. The van der Waals surface area contributed by atoms with Crippen LogP contribution >= 0.6 is 0 Å². The number of rotatable bonds is 2. The molecule has 96 valence electrons. The molecule has 0 aromatic heterocycles. The van der Waals surface area contributed by atoms with E-state index in [4.69, 9.17) is 14.9 Å². The molecule has 0 radical (unpaired) electrons. The number of hydrogen-bond donors (Lipinski definition) is 1. The number of fused-ring (bicyclic) bond motifs is 1. The van der Waals surface area contributed by atoms with Crippen LogP contribution in [0.5, 0.6) is 11.5 Å². The van der Waals surface area contributed by atoms with Crippen molar-refractivity contribution in [3.05, 3.63) is 23.0 Å². The summed E-state index contributed by atoms with van der Waals surface area (Å²) in [7, 11) is 2.74. The maximum Gasteiger partial charge on any atom is 0.225 e. The Labute approximate surface area is 104 Å². The first-order valence-corrected chi connectivity index (χ1v) is 5.31. The fourth-order valence-electron chi connectivity index (χ4n) is 2.03. The van der Waals surface area contributed by atoms with Gasteiger partial charge in [-0.25, -0.2) is 4.39 Å². The minimum absolute atomic E-state index is 0.0496. The maximum absolute atomic E-state index is 14.2. The van der Waals surface area contributed by atoms with Crippen molar-refractivity contribution < 1.29 is 18.7 Å². The maximum atomic E-state index is 14.2. The Morgan fingerprint density at radius 2 is 2.11 bits per heavy atom. The molecule has 1 amide bonds. The molecule has 0 bridgehead atoms. The molecule has 0 unspecified atom stereocenters. The van der Waals surface area contributed by atoms with Gasteiger partial charge in [-0.2, -0.15) is 0 Å². The lowest BCUT2D eigenvalue weighted by atomic mass is 10.1. The molecule has 1 heterocycles. The van der Waals surface area contributed by atoms with Crippen LogP contribution in [-0.4, -0.2) is 30.9 Å². The molecule has 1 aromatic rings. The lowest BCUT2D eigenvalue weighted by molar-refractivity contribution is -0.125. The van der Waals surface area contributed by atoms with Crippen LogP contribution < -0.4 is 9.47 Å². The molecule has 18 heavy (non-hydrogen) atoms. The van der Waals surface area contributed by atoms with Gasteiger partial charge in [0, 0.05) is 6.92 Å². The van der Waals surface area contributed by atoms with Crippen LogP contribution in [0.2, 0.25) is 0 Å². The minimum Gasteiger partial charge on any atom is -0.493 e. The van der Waals surface area contributed by atoms with Gasteiger partial charge < -0.3 is 9.47 Å². The van der Waals surface area contributed by atoms with Crippen LogP contribution in [0.1, 0.15) is 18.1 Å². The Bertz CT molecular complexity index is 543. The SMILES string of the molecule is COc1cc2c(c(F)c1OC)C(=N)N(C(C)=O)C2. The van der Waals surface area contributed by atoms with Crippen LogP contribution in [0, 0.1) is 11.2 Å². The van der Waals surface area contributed by atoms with Gasteiger partial charge in [0.2, 0.25) is 5.91 Å². The number of amides is 1. The normalized spacial score (nSPS) is 13.6. The summed E-state index contributed by atoms with van der Waals surface area (Å²) in [6.07, 6.45) is 0. The van der Waals surface area contributed by atoms with E-state index in [1.165, 1.54) is 26.0 Å². The second kappa shape index (κ2) is 4.29. The van der Waals surface area contributed by atoms with E-state index in [1.807, 2.05) is 0 Å². The molecule has 5 nitrogen and oxygen atoms in total. The number of halogens is 1. The fraction of sp³-hybridized carbons (Fsp3) is 0.333. The second-order valence-corrected chi connectivity index (χ2v) is 3.91. The molecule has 0 spiro atoms. The van der Waals surface area contributed by atoms with E-state index in [1.54, 1.807) is 6.07 Å². The van der Waals surface area contributed by atoms with E-state index < -0.39 is 5.82 Å². The first kappa shape index (κ1) is 12.3. The Morgan fingerprint density at radius 3 is 2.61 bits per heavy atom. The van der Waals surface area contributed by atoms with Crippen LogP contribution in [0.15, 0.2) is 6.07 Å². The number of hydrogen-bond acceptors (Lipinski definition) is 4. The number of ether oxygens (including phenoxy) is 2. The van der Waals surface area contributed by atoms with Gasteiger partial charge in [0.25, 0.3) is 0 Å². The largest absolute Gasteiger partial charge is 0.493 e. The van der Waals surface area contributed by atoms with E-state index >= 15 is 0 Å². The van der Waals surface area contributed by atoms with Crippen molar-refractivity contribution in [3.8, 4) is 11.5 Å². The van der Waals surface area contributed by atoms with Gasteiger partial charge in [-0.1, -0.05) is 0 Å². The van der Waals surface area contributed by atoms with Crippen molar-refractivity contribution in [1.82, 2.24) is 4.90 Å². The number of nitrogens with zero attached hydrogens (tertiary/aromatic N) is 1. The Hall–Kier alpha value is -2.11. The van der Waals surface area contributed by atoms with Gasteiger partial charge in [0.1, 0.15) is 5.84 Å². The van der Waals surface area contributed by atoms with Crippen molar-refractivity contribution in [2.24, 2.45) is 0 Å². The van der Waals surface area contributed by atoms with Crippen LogP contribution in [0.3, 0.4) is 0 Å². The highest BCUT2D eigenvalue weighted by Gasteiger charge is 2.33. The van der Waals surface area contributed by atoms with Crippen molar-refractivity contribution in [1.29, 1.82) is 5.41 Å². The average molecular weight is 252 g/mol. The number of amidine groups is 1. The lowest BCUT2D eigenvalue weighted by Gasteiger charge is -2.12. The molecule has 1 N–H and O–H groups in total. The molecule has 1 aromatic carbocycles. The summed E-state index contributed by atoms with van der Waals surface area (Å²) < 4.78 is 24.2. The van der Waals surface area contributed by atoms with Crippen molar-refractivity contribution in [2.45, 2.75) is 13.5 Å². The predicted molar refractivity (Wildman–Crippen MR) is 62.6 cm³/mol. The molecular formula is C12H13FN2O3. The molecule has 0 fully saturated rings. The zero-order chi connectivity index (χ0) is 13.4. The summed E-state index contributed by atoms with van der Waals surface area (Å²) in [6.45, 7) is 1.52. The van der Waals surface area contributed by atoms with Crippen molar-refractivity contribution >= 4 is 11.7 Å². The zero-order valence-electron chi connectivity index (χ0n) is 10.3.